The number of hydrogen-bond donors (Lipinski definition) is 13. The van der Waals surface area contributed by atoms with Gasteiger partial charge in [0.25, 0.3) is 0 Å². The third-order valence-corrected chi connectivity index (χ3v) is 13.9. The minimum atomic E-state index is 0.433. The quantitative estimate of drug-likeness (QED) is 0.0179. The number of nitrogens with one attached hydrogen (secondary N) is 12. The van der Waals surface area contributed by atoms with Crippen molar-refractivity contribution in [3.63, 3.8) is 0 Å². The van der Waals surface area contributed by atoms with E-state index in [4.69, 9.17) is 5.73 Å². The lowest BCUT2D eigenvalue weighted by Gasteiger charge is -2.13. The molecular weight excluding hydrogens is 1160 g/mol. The highest BCUT2D eigenvalue weighted by Gasteiger charge is 2.14. The van der Waals surface area contributed by atoms with Crippen LogP contribution in [0.3, 0.4) is 0 Å². The molecule has 0 atom stereocenters. The Kier molecular flexibility index (Phi) is 29.1. The normalized spacial score (nSPS) is 11.0. The number of nitrogens with zero attached hydrogens (tertiary/aromatic N) is 18. The van der Waals surface area contributed by atoms with Crippen LogP contribution in [0, 0.1) is 0 Å². The highest BCUT2D eigenvalue weighted by Crippen LogP contribution is 2.22. The Morgan fingerprint density at radius 3 is 0.506 bits per heavy atom. The van der Waals surface area contributed by atoms with Gasteiger partial charge in [-0.15, -0.1) is 0 Å². The van der Waals surface area contributed by atoms with E-state index in [0.29, 0.717) is 187 Å². The van der Waals surface area contributed by atoms with Crippen LogP contribution < -0.4 is 69.5 Å². The predicted molar refractivity (Wildman–Crippen MR) is 334 cm³/mol. The molecule has 0 fully saturated rings. The highest BCUT2D eigenvalue weighted by molar-refractivity contribution is 8.00. The van der Waals surface area contributed by atoms with Gasteiger partial charge < -0.3 is 69.5 Å². The maximum Gasteiger partial charge on any atom is 0.228 e. The standard InChI is InChI=1S/C44H73N31S6/c1-8-46-27-58-29(66-39(64-27)76-9-2)48-17-18-50-31-60-33(70-41(68-31)78-11-4)52-21-22-54-35-62-37(74-43(72-35)80-13-6)56-25-26-57-38-63-36(73-44(75-38)81-14-7)55-24-23-53-34-61-32(69-42(71-34)79-12-5)51-20-19-49-30-59-28(47-16-15-45)65-40(67-30)77-10-3/h8-26,45H2,1-7H3,(H2,46,48,58,64,66)(H2,47,49,59,65,67)(H2,50,52,60,68,70)(H2,51,53,61,69,71)(H2,54,56,62,72,74)(H2,55,57,63,73,75). The van der Waals surface area contributed by atoms with Gasteiger partial charge in [-0.25, -0.2) is 0 Å². The van der Waals surface area contributed by atoms with E-state index in [1.807, 2.05) is 27.7 Å². The van der Waals surface area contributed by atoms with Crippen LogP contribution in [-0.2, 0) is 0 Å². The van der Waals surface area contributed by atoms with Gasteiger partial charge in [0.2, 0.25) is 71.4 Å². The fraction of sp³-hybridized carbons (Fsp3) is 0.591. The van der Waals surface area contributed by atoms with E-state index in [-0.39, 0.29) is 0 Å². The van der Waals surface area contributed by atoms with Gasteiger partial charge >= 0.3 is 0 Å². The molecule has 81 heavy (non-hydrogen) atoms. The molecule has 0 radical (unpaired) electrons. The van der Waals surface area contributed by atoms with E-state index in [1.165, 1.54) is 58.8 Å². The molecule has 31 nitrogen and oxygen atoms in total. The van der Waals surface area contributed by atoms with Gasteiger partial charge in [-0.2, -0.15) is 89.7 Å². The van der Waals surface area contributed by atoms with Gasteiger partial charge in [0, 0.05) is 85.1 Å². The summed E-state index contributed by atoms with van der Waals surface area (Å²) in [6.45, 7) is 21.0. The molecule has 0 saturated heterocycles. The number of hydrogen-bond acceptors (Lipinski definition) is 37. The zero-order valence-corrected chi connectivity index (χ0v) is 51.4. The Hall–Kier alpha value is -6.28. The molecule has 0 aliphatic carbocycles. The second-order valence-corrected chi connectivity index (χ2v) is 23.1. The van der Waals surface area contributed by atoms with Crippen LogP contribution in [0.1, 0.15) is 48.5 Å². The Morgan fingerprint density at radius 2 is 0.370 bits per heavy atom. The second-order valence-electron chi connectivity index (χ2n) is 15.7. The summed E-state index contributed by atoms with van der Waals surface area (Å²) in [4.78, 5) is 82.3. The predicted octanol–water partition coefficient (Wildman–Crippen LogP) is 4.89. The topological polar surface area (TPSA) is 402 Å². The number of anilines is 12. The van der Waals surface area contributed by atoms with Gasteiger partial charge in [-0.1, -0.05) is 112 Å². The molecule has 0 unspecified atom stereocenters. The second kappa shape index (κ2) is 36.9. The van der Waals surface area contributed by atoms with Gasteiger partial charge in [0.05, 0.1) is 0 Å². The molecule has 0 spiro atoms. The first-order valence-electron chi connectivity index (χ1n) is 26.6. The smallest absolute Gasteiger partial charge is 0.228 e. The molecule has 0 aliphatic heterocycles. The largest absolute Gasteiger partial charge is 0.354 e. The molecule has 0 aromatic carbocycles. The van der Waals surface area contributed by atoms with Gasteiger partial charge in [-0.05, 0) is 41.4 Å². The molecule has 0 amide bonds. The van der Waals surface area contributed by atoms with Crippen LogP contribution in [0.5, 0.6) is 0 Å². The summed E-state index contributed by atoms with van der Waals surface area (Å²) in [5.41, 5.74) is 5.66. The van der Waals surface area contributed by atoms with E-state index >= 15 is 0 Å². The van der Waals surface area contributed by atoms with Crippen molar-refractivity contribution in [2.24, 2.45) is 5.73 Å². The van der Waals surface area contributed by atoms with Crippen LogP contribution >= 0.6 is 70.6 Å². The lowest BCUT2D eigenvalue weighted by Crippen LogP contribution is -2.21. The molecule has 440 valence electrons. The van der Waals surface area contributed by atoms with Crippen LogP contribution in [0.25, 0.3) is 0 Å². The SMILES string of the molecule is CCNc1nc(NCCNc2nc(NCCNc3nc(NCCNc4nc(NCCNc5nc(NCCNc6nc(NCCN)nc(SCC)n6)nc(SCC)n5)nc(SCC)n4)nc(SCC)n3)nc(SCC)n2)nc(SCC)n1. The molecule has 0 saturated carbocycles. The van der Waals surface area contributed by atoms with Crippen LogP contribution in [-0.4, -0.2) is 209 Å². The summed E-state index contributed by atoms with van der Waals surface area (Å²) < 4.78 is 0. The van der Waals surface area contributed by atoms with Gasteiger partial charge in [-0.3, -0.25) is 0 Å². The monoisotopic (exact) mass is 1230 g/mol. The Labute approximate surface area is 497 Å². The van der Waals surface area contributed by atoms with Crippen molar-refractivity contribution in [2.75, 3.05) is 183 Å². The third-order valence-electron chi connectivity index (χ3n) is 9.55. The van der Waals surface area contributed by atoms with Crippen LogP contribution in [0.15, 0.2) is 30.9 Å². The molecule has 6 aromatic rings. The molecular formula is C44H73N31S6. The Balaban J connectivity index is 0.952. The maximum atomic E-state index is 5.66. The van der Waals surface area contributed by atoms with Crippen LogP contribution in [0.2, 0.25) is 0 Å². The average molecular weight is 1230 g/mol. The van der Waals surface area contributed by atoms with Crippen molar-refractivity contribution in [3.8, 4) is 0 Å². The maximum absolute atomic E-state index is 5.66. The summed E-state index contributed by atoms with van der Waals surface area (Å²) in [5.74, 6) is 10.4. The number of nitrogens with two attached hydrogens (primary N) is 1. The molecule has 0 bridgehead atoms. The first-order valence-corrected chi connectivity index (χ1v) is 32.5. The Bertz CT molecular complexity index is 2770. The van der Waals surface area contributed by atoms with Crippen molar-refractivity contribution in [3.05, 3.63) is 0 Å². The van der Waals surface area contributed by atoms with E-state index in [0.717, 1.165) is 34.5 Å². The summed E-state index contributed by atoms with van der Waals surface area (Å²) in [6, 6.07) is 0. The first-order chi connectivity index (χ1) is 39.7. The molecule has 6 heterocycles. The van der Waals surface area contributed by atoms with Crippen molar-refractivity contribution < 1.29 is 0 Å². The van der Waals surface area contributed by atoms with Crippen molar-refractivity contribution in [1.29, 1.82) is 0 Å². The number of rotatable bonds is 42. The first kappa shape index (κ1) is 63.9. The molecule has 0 aliphatic rings. The summed E-state index contributed by atoms with van der Waals surface area (Å²) in [6.07, 6.45) is 0. The average Bonchev–Trinajstić information content (AvgIpc) is 3.46. The van der Waals surface area contributed by atoms with Crippen LogP contribution in [0.4, 0.5) is 71.4 Å². The fourth-order valence-electron chi connectivity index (χ4n) is 6.33. The number of aromatic nitrogens is 18. The Morgan fingerprint density at radius 1 is 0.222 bits per heavy atom. The zero-order valence-electron chi connectivity index (χ0n) is 46.5. The van der Waals surface area contributed by atoms with Crippen molar-refractivity contribution >= 4 is 142 Å². The molecule has 6 rings (SSSR count). The summed E-state index contributed by atoms with van der Waals surface area (Å²) >= 11 is 9.21. The zero-order chi connectivity index (χ0) is 57.3. The van der Waals surface area contributed by atoms with Crippen molar-refractivity contribution in [1.82, 2.24) is 89.7 Å². The summed E-state index contributed by atoms with van der Waals surface area (Å²) in [7, 11) is 0. The summed E-state index contributed by atoms with van der Waals surface area (Å²) in [5, 5.41) is 43.0. The van der Waals surface area contributed by atoms with Gasteiger partial charge in [0.1, 0.15) is 0 Å². The van der Waals surface area contributed by atoms with E-state index in [2.05, 4.69) is 174 Å². The minimum absolute atomic E-state index is 0.433. The third kappa shape index (κ3) is 24.0. The van der Waals surface area contributed by atoms with Crippen molar-refractivity contribution in [2.45, 2.75) is 79.4 Å². The molecule has 6 aromatic heterocycles. The van der Waals surface area contributed by atoms with E-state index in [9.17, 15) is 0 Å². The number of thioether (sulfide) groups is 6. The fourth-order valence-corrected chi connectivity index (χ4v) is 9.70. The van der Waals surface area contributed by atoms with E-state index < -0.39 is 0 Å². The highest BCUT2D eigenvalue weighted by atomic mass is 32.2. The lowest BCUT2D eigenvalue weighted by atomic mass is 10.6. The lowest BCUT2D eigenvalue weighted by molar-refractivity contribution is 0.860. The minimum Gasteiger partial charge on any atom is -0.354 e. The van der Waals surface area contributed by atoms with Gasteiger partial charge in [0.15, 0.2) is 30.9 Å². The molecule has 14 N–H and O–H groups in total. The molecule has 37 heteroatoms. The van der Waals surface area contributed by atoms with E-state index in [1.54, 1.807) is 11.8 Å².